The van der Waals surface area contributed by atoms with Gasteiger partial charge in [-0.15, -0.1) is 15.3 Å². The summed E-state index contributed by atoms with van der Waals surface area (Å²) < 4.78 is 3.72. The highest BCUT2D eigenvalue weighted by Crippen LogP contribution is 2.14. The molecule has 4 heterocycles. The Morgan fingerprint density at radius 3 is 3.00 bits per heavy atom. The van der Waals surface area contributed by atoms with Gasteiger partial charge in [0.1, 0.15) is 6.33 Å². The van der Waals surface area contributed by atoms with E-state index in [1.165, 1.54) is 0 Å². The first-order valence-electron chi connectivity index (χ1n) is 6.60. The molecule has 1 amide bonds. The first kappa shape index (κ1) is 11.5. The van der Waals surface area contributed by atoms with Gasteiger partial charge < -0.3 is 14.8 Å². The Labute approximate surface area is 114 Å². The number of nitrogens with one attached hydrogen (secondary N) is 1. The predicted octanol–water partition coefficient (Wildman–Crippen LogP) is -1.33. The Morgan fingerprint density at radius 1 is 1.30 bits per heavy atom. The lowest BCUT2D eigenvalue weighted by molar-refractivity contribution is 0.0701. The topological polar surface area (TPSA) is 93.8 Å². The minimum atomic E-state index is -0.0993. The average molecular weight is 274 g/mol. The third kappa shape index (κ3) is 1.78. The summed E-state index contributed by atoms with van der Waals surface area (Å²) in [6.45, 7) is 3.58. The van der Waals surface area contributed by atoms with Gasteiger partial charge in [-0.3, -0.25) is 4.79 Å². The molecule has 2 aliphatic rings. The molecule has 4 rings (SSSR count). The zero-order chi connectivity index (χ0) is 13.5. The molecule has 9 nitrogen and oxygen atoms in total. The van der Waals surface area contributed by atoms with Crippen LogP contribution in [0.25, 0.3) is 0 Å². The number of hydrogen-bond donors (Lipinski definition) is 1. The van der Waals surface area contributed by atoms with Gasteiger partial charge in [0.2, 0.25) is 0 Å². The lowest BCUT2D eigenvalue weighted by atomic mass is 10.2. The molecule has 1 N–H and O–H groups in total. The van der Waals surface area contributed by atoms with Crippen LogP contribution in [0, 0.1) is 0 Å². The van der Waals surface area contributed by atoms with Crippen LogP contribution in [-0.4, -0.2) is 60.2 Å². The molecule has 0 aromatic carbocycles. The summed E-state index contributed by atoms with van der Waals surface area (Å²) in [4.78, 5) is 14.1. The van der Waals surface area contributed by atoms with Gasteiger partial charge in [-0.1, -0.05) is 5.21 Å². The first-order chi connectivity index (χ1) is 9.81. The van der Waals surface area contributed by atoms with Gasteiger partial charge in [0, 0.05) is 26.2 Å². The highest BCUT2D eigenvalue weighted by atomic mass is 16.2. The van der Waals surface area contributed by atoms with Gasteiger partial charge in [0.05, 0.1) is 18.8 Å². The van der Waals surface area contributed by atoms with Crippen molar-refractivity contribution in [3.63, 3.8) is 0 Å². The molecule has 1 fully saturated rings. The molecule has 0 radical (unpaired) electrons. The lowest BCUT2D eigenvalue weighted by Crippen LogP contribution is -2.43. The van der Waals surface area contributed by atoms with E-state index >= 15 is 0 Å². The second kappa shape index (κ2) is 4.37. The van der Waals surface area contributed by atoms with E-state index in [0.717, 1.165) is 25.5 Å². The second-order valence-corrected chi connectivity index (χ2v) is 5.06. The predicted molar refractivity (Wildman–Crippen MR) is 66.7 cm³/mol. The zero-order valence-electron chi connectivity index (χ0n) is 10.8. The van der Waals surface area contributed by atoms with Gasteiger partial charge in [-0.25, -0.2) is 4.68 Å². The maximum absolute atomic E-state index is 12.4. The van der Waals surface area contributed by atoms with Crippen LogP contribution in [0.4, 0.5) is 0 Å². The minimum Gasteiger partial charge on any atom is -0.328 e. The van der Waals surface area contributed by atoms with Crippen molar-refractivity contribution in [2.75, 3.05) is 19.6 Å². The zero-order valence-corrected chi connectivity index (χ0v) is 10.8. The third-order valence-electron chi connectivity index (χ3n) is 3.79. The molecular weight excluding hydrogens is 260 g/mol. The smallest absolute Gasteiger partial charge is 0.276 e. The molecule has 2 aliphatic heterocycles. The molecule has 20 heavy (non-hydrogen) atoms. The van der Waals surface area contributed by atoms with Crippen molar-refractivity contribution in [3.8, 4) is 0 Å². The summed E-state index contributed by atoms with van der Waals surface area (Å²) in [6, 6.07) is 0.313. The number of carbonyl (C=O) groups is 1. The van der Waals surface area contributed by atoms with E-state index < -0.39 is 0 Å². The van der Waals surface area contributed by atoms with Crippen LogP contribution in [0.2, 0.25) is 0 Å². The van der Waals surface area contributed by atoms with E-state index in [2.05, 4.69) is 25.8 Å². The van der Waals surface area contributed by atoms with Crippen molar-refractivity contribution in [1.29, 1.82) is 0 Å². The van der Waals surface area contributed by atoms with Crippen LogP contribution in [-0.2, 0) is 13.1 Å². The van der Waals surface area contributed by atoms with Gasteiger partial charge in [-0.2, -0.15) is 0 Å². The maximum Gasteiger partial charge on any atom is 0.276 e. The maximum atomic E-state index is 12.4. The molecule has 0 bridgehead atoms. The summed E-state index contributed by atoms with van der Waals surface area (Å²) in [5.41, 5.74) is 0.393. The summed E-state index contributed by atoms with van der Waals surface area (Å²) >= 11 is 0. The lowest BCUT2D eigenvalue weighted by Gasteiger charge is -2.27. The van der Waals surface area contributed by atoms with Gasteiger partial charge in [-0.05, 0) is 0 Å². The fourth-order valence-corrected chi connectivity index (χ4v) is 2.42. The Balaban J connectivity index is 1.51. The van der Waals surface area contributed by atoms with Crippen molar-refractivity contribution in [1.82, 2.24) is 40.0 Å². The van der Waals surface area contributed by atoms with Crippen LogP contribution >= 0.6 is 0 Å². The van der Waals surface area contributed by atoms with Gasteiger partial charge in [0.25, 0.3) is 5.91 Å². The number of amides is 1. The highest BCUT2D eigenvalue weighted by Gasteiger charge is 2.26. The molecule has 0 saturated carbocycles. The standard InChI is InChI=1S/C11H14N8O/c20-11(9-5-19(16-14-9)8-3-12-4-8)17-1-2-18-7-13-15-10(18)6-17/h5,7-8,12H,1-4,6H2. The van der Waals surface area contributed by atoms with Crippen LogP contribution in [0.15, 0.2) is 12.5 Å². The Bertz CT molecular complexity index is 642. The number of rotatable bonds is 2. The summed E-state index contributed by atoms with van der Waals surface area (Å²) in [7, 11) is 0. The number of hydrogen-bond acceptors (Lipinski definition) is 6. The van der Waals surface area contributed by atoms with Crippen LogP contribution in [0.5, 0.6) is 0 Å². The molecule has 0 atom stereocenters. The molecule has 0 aliphatic carbocycles. The third-order valence-corrected chi connectivity index (χ3v) is 3.79. The van der Waals surface area contributed by atoms with E-state index in [9.17, 15) is 4.79 Å². The molecule has 0 spiro atoms. The van der Waals surface area contributed by atoms with E-state index in [4.69, 9.17) is 0 Å². The Kier molecular flexibility index (Phi) is 2.52. The van der Waals surface area contributed by atoms with Crippen molar-refractivity contribution in [2.24, 2.45) is 0 Å². The fraction of sp³-hybridized carbons (Fsp3) is 0.545. The van der Waals surface area contributed by atoms with Gasteiger partial charge in [0.15, 0.2) is 11.5 Å². The summed E-state index contributed by atoms with van der Waals surface area (Å²) in [5.74, 6) is 0.706. The van der Waals surface area contributed by atoms with E-state index in [-0.39, 0.29) is 5.91 Å². The van der Waals surface area contributed by atoms with Crippen molar-refractivity contribution < 1.29 is 4.79 Å². The molecule has 2 aromatic heterocycles. The van der Waals surface area contributed by atoms with Gasteiger partial charge >= 0.3 is 0 Å². The largest absolute Gasteiger partial charge is 0.328 e. The number of aromatic nitrogens is 6. The summed E-state index contributed by atoms with van der Waals surface area (Å²) in [6.07, 6.45) is 3.42. The molecule has 104 valence electrons. The quantitative estimate of drug-likeness (QED) is 0.729. The minimum absolute atomic E-state index is 0.0993. The molecule has 0 unspecified atom stereocenters. The Morgan fingerprint density at radius 2 is 2.20 bits per heavy atom. The number of carbonyl (C=O) groups excluding carboxylic acids is 1. The highest BCUT2D eigenvalue weighted by molar-refractivity contribution is 5.91. The molecule has 9 heteroatoms. The average Bonchev–Trinajstić information content (AvgIpc) is 3.03. The number of nitrogens with zero attached hydrogens (tertiary/aromatic N) is 7. The second-order valence-electron chi connectivity index (χ2n) is 5.06. The molecular formula is C11H14N8O. The van der Waals surface area contributed by atoms with E-state index in [1.807, 2.05) is 4.57 Å². The SMILES string of the molecule is O=C(c1cn(C2CNC2)nn1)N1CCn2cnnc2C1. The first-order valence-corrected chi connectivity index (χ1v) is 6.60. The van der Waals surface area contributed by atoms with E-state index in [1.54, 1.807) is 22.1 Å². The Hall–Kier alpha value is -2.29. The monoisotopic (exact) mass is 274 g/mol. The van der Waals surface area contributed by atoms with Crippen LogP contribution < -0.4 is 5.32 Å². The van der Waals surface area contributed by atoms with Crippen molar-refractivity contribution >= 4 is 5.91 Å². The summed E-state index contributed by atoms with van der Waals surface area (Å²) in [5, 5.41) is 19.1. The van der Waals surface area contributed by atoms with Crippen LogP contribution in [0.1, 0.15) is 22.4 Å². The van der Waals surface area contributed by atoms with Crippen molar-refractivity contribution in [3.05, 3.63) is 24.0 Å². The molecule has 2 aromatic rings. The number of fused-ring (bicyclic) bond motifs is 1. The molecule has 1 saturated heterocycles. The van der Waals surface area contributed by atoms with Crippen LogP contribution in [0.3, 0.4) is 0 Å². The fourth-order valence-electron chi connectivity index (χ4n) is 2.42. The normalized spacial score (nSPS) is 18.7. The van der Waals surface area contributed by atoms with E-state index in [0.29, 0.717) is 24.8 Å². The van der Waals surface area contributed by atoms with Crippen molar-refractivity contribution in [2.45, 2.75) is 19.1 Å².